The van der Waals surface area contributed by atoms with Gasteiger partial charge in [-0.05, 0) is 6.92 Å². The molecule has 1 fully saturated rings. The van der Waals surface area contributed by atoms with Gasteiger partial charge in [0, 0.05) is 19.6 Å². The summed E-state index contributed by atoms with van der Waals surface area (Å²) in [6.07, 6.45) is 0. The fourth-order valence-electron chi connectivity index (χ4n) is 1.31. The number of hydrogen-bond donors (Lipinski definition) is 2. The number of aliphatic imine (C=N–C) groups is 1. The van der Waals surface area contributed by atoms with Crippen LogP contribution < -0.4 is 5.32 Å². The first-order valence-electron chi connectivity index (χ1n) is 4.29. The molecule has 1 rings (SSSR count). The SMILES string of the molecule is CN=C1NCC(C)N(CC(=O)O)C1=O. The van der Waals surface area contributed by atoms with Gasteiger partial charge in [-0.25, -0.2) is 0 Å². The van der Waals surface area contributed by atoms with Crippen molar-refractivity contribution in [1.29, 1.82) is 0 Å². The van der Waals surface area contributed by atoms with Crippen molar-refractivity contribution in [3.8, 4) is 0 Å². The fraction of sp³-hybridized carbons (Fsp3) is 0.625. The Hall–Kier alpha value is -1.59. The zero-order valence-electron chi connectivity index (χ0n) is 8.15. The Balaban J connectivity index is 2.78. The van der Waals surface area contributed by atoms with E-state index in [2.05, 4.69) is 10.3 Å². The van der Waals surface area contributed by atoms with E-state index < -0.39 is 5.97 Å². The molecule has 1 aliphatic rings. The van der Waals surface area contributed by atoms with Crippen molar-refractivity contribution in [2.45, 2.75) is 13.0 Å². The zero-order valence-corrected chi connectivity index (χ0v) is 8.15. The standard InChI is InChI=1S/C8H13N3O3/c1-5-3-10-7(9-2)8(14)11(5)4-6(12)13/h5H,3-4H2,1-2H3,(H,9,10)(H,12,13). The predicted molar refractivity (Wildman–Crippen MR) is 50.2 cm³/mol. The van der Waals surface area contributed by atoms with Gasteiger partial charge in [-0.3, -0.25) is 14.6 Å². The van der Waals surface area contributed by atoms with Crippen LogP contribution in [0.1, 0.15) is 6.92 Å². The van der Waals surface area contributed by atoms with Gasteiger partial charge in [0.2, 0.25) is 0 Å². The summed E-state index contributed by atoms with van der Waals surface area (Å²) >= 11 is 0. The summed E-state index contributed by atoms with van der Waals surface area (Å²) in [6, 6.07) is -0.121. The van der Waals surface area contributed by atoms with Crippen molar-refractivity contribution in [3.63, 3.8) is 0 Å². The molecule has 0 spiro atoms. The first-order valence-corrected chi connectivity index (χ1v) is 4.29. The molecule has 1 aliphatic heterocycles. The lowest BCUT2D eigenvalue weighted by molar-refractivity contribution is -0.143. The highest BCUT2D eigenvalue weighted by Crippen LogP contribution is 2.04. The number of carbonyl (C=O) groups excluding carboxylic acids is 1. The summed E-state index contributed by atoms with van der Waals surface area (Å²) in [5.74, 6) is -1.14. The minimum absolute atomic E-state index is 0.121. The van der Waals surface area contributed by atoms with E-state index in [4.69, 9.17) is 5.11 Å². The van der Waals surface area contributed by atoms with Crippen LogP contribution in [0.4, 0.5) is 0 Å². The first kappa shape index (κ1) is 10.5. The van der Waals surface area contributed by atoms with Gasteiger partial charge >= 0.3 is 5.97 Å². The third-order valence-corrected chi connectivity index (χ3v) is 2.09. The number of carboxylic acids is 1. The maximum atomic E-state index is 11.6. The van der Waals surface area contributed by atoms with Crippen molar-refractivity contribution >= 4 is 17.7 Å². The Morgan fingerprint density at radius 1 is 1.79 bits per heavy atom. The normalized spacial score (nSPS) is 25.0. The van der Waals surface area contributed by atoms with Gasteiger partial charge in [-0.1, -0.05) is 0 Å². The van der Waals surface area contributed by atoms with E-state index in [0.717, 1.165) is 0 Å². The van der Waals surface area contributed by atoms with Crippen molar-refractivity contribution in [2.75, 3.05) is 20.1 Å². The van der Waals surface area contributed by atoms with Crippen LogP contribution in [0.25, 0.3) is 0 Å². The van der Waals surface area contributed by atoms with Crippen LogP contribution in [-0.4, -0.2) is 53.9 Å². The van der Waals surface area contributed by atoms with E-state index in [-0.39, 0.29) is 24.3 Å². The Morgan fingerprint density at radius 2 is 2.43 bits per heavy atom. The van der Waals surface area contributed by atoms with Gasteiger partial charge in [0.15, 0.2) is 5.84 Å². The third kappa shape index (κ3) is 2.01. The summed E-state index contributed by atoms with van der Waals surface area (Å²) in [4.78, 5) is 27.1. The van der Waals surface area contributed by atoms with E-state index in [1.54, 1.807) is 6.92 Å². The quantitative estimate of drug-likeness (QED) is 0.592. The molecule has 6 heteroatoms. The van der Waals surface area contributed by atoms with Gasteiger partial charge in [0.1, 0.15) is 6.54 Å². The number of rotatable bonds is 2. The fourth-order valence-corrected chi connectivity index (χ4v) is 1.31. The minimum Gasteiger partial charge on any atom is -0.480 e. The summed E-state index contributed by atoms with van der Waals surface area (Å²) in [5.41, 5.74) is 0. The number of piperazine rings is 1. The van der Waals surface area contributed by atoms with Crippen LogP contribution in [0, 0.1) is 0 Å². The number of nitrogens with zero attached hydrogens (tertiary/aromatic N) is 2. The van der Waals surface area contributed by atoms with Crippen LogP contribution in [0.2, 0.25) is 0 Å². The molecule has 1 atom stereocenters. The summed E-state index contributed by atoms with van der Waals surface area (Å²) in [6.45, 7) is 2.05. The van der Waals surface area contributed by atoms with Crippen molar-refractivity contribution in [3.05, 3.63) is 0 Å². The van der Waals surface area contributed by atoms with E-state index in [9.17, 15) is 9.59 Å². The maximum absolute atomic E-state index is 11.6. The van der Waals surface area contributed by atoms with E-state index >= 15 is 0 Å². The molecular weight excluding hydrogens is 186 g/mol. The number of amides is 1. The predicted octanol–water partition coefficient (Wildman–Crippen LogP) is -1.08. The van der Waals surface area contributed by atoms with Crippen LogP contribution in [-0.2, 0) is 9.59 Å². The molecule has 2 N–H and O–H groups in total. The second kappa shape index (κ2) is 4.08. The zero-order chi connectivity index (χ0) is 10.7. The van der Waals surface area contributed by atoms with Gasteiger partial charge < -0.3 is 15.3 Å². The largest absolute Gasteiger partial charge is 0.480 e. The van der Waals surface area contributed by atoms with E-state index in [1.807, 2.05) is 0 Å². The molecule has 1 heterocycles. The van der Waals surface area contributed by atoms with Crippen LogP contribution in [0.15, 0.2) is 4.99 Å². The second-order valence-corrected chi connectivity index (χ2v) is 3.13. The van der Waals surface area contributed by atoms with Crippen LogP contribution >= 0.6 is 0 Å². The summed E-state index contributed by atoms with van der Waals surface area (Å²) < 4.78 is 0. The van der Waals surface area contributed by atoms with Crippen molar-refractivity contribution in [1.82, 2.24) is 10.2 Å². The monoisotopic (exact) mass is 199 g/mol. The molecule has 6 nitrogen and oxygen atoms in total. The van der Waals surface area contributed by atoms with Gasteiger partial charge in [0.05, 0.1) is 0 Å². The average molecular weight is 199 g/mol. The molecule has 0 radical (unpaired) electrons. The summed E-state index contributed by atoms with van der Waals surface area (Å²) in [7, 11) is 1.50. The average Bonchev–Trinajstić information content (AvgIpc) is 2.12. The molecule has 0 aromatic rings. The Morgan fingerprint density at radius 3 is 2.93 bits per heavy atom. The molecule has 0 aromatic heterocycles. The van der Waals surface area contributed by atoms with Crippen molar-refractivity contribution < 1.29 is 14.7 Å². The lowest BCUT2D eigenvalue weighted by Crippen LogP contribution is -2.58. The molecule has 1 amide bonds. The lowest BCUT2D eigenvalue weighted by atomic mass is 10.2. The molecule has 78 valence electrons. The highest BCUT2D eigenvalue weighted by molar-refractivity contribution is 6.38. The first-order chi connectivity index (χ1) is 6.56. The number of carboxylic acid groups (broad SMARTS) is 1. The van der Waals surface area contributed by atoms with Gasteiger partial charge in [-0.2, -0.15) is 0 Å². The summed E-state index contributed by atoms with van der Waals surface area (Å²) in [5, 5.41) is 11.4. The Labute approximate surface area is 81.6 Å². The lowest BCUT2D eigenvalue weighted by Gasteiger charge is -2.33. The van der Waals surface area contributed by atoms with E-state index in [1.165, 1.54) is 11.9 Å². The highest BCUT2D eigenvalue weighted by Gasteiger charge is 2.30. The molecule has 0 bridgehead atoms. The van der Waals surface area contributed by atoms with Crippen LogP contribution in [0.3, 0.4) is 0 Å². The molecule has 0 saturated carbocycles. The number of aliphatic carboxylic acids is 1. The third-order valence-electron chi connectivity index (χ3n) is 2.09. The molecule has 1 saturated heterocycles. The molecular formula is C8H13N3O3. The molecule has 0 aliphatic carbocycles. The number of amidine groups is 1. The number of carbonyl (C=O) groups is 2. The second-order valence-electron chi connectivity index (χ2n) is 3.13. The molecule has 0 aromatic carbocycles. The Kier molecular flexibility index (Phi) is 3.06. The van der Waals surface area contributed by atoms with E-state index in [0.29, 0.717) is 6.54 Å². The van der Waals surface area contributed by atoms with Gasteiger partial charge in [0.25, 0.3) is 5.91 Å². The Bertz CT molecular complexity index is 288. The smallest absolute Gasteiger partial charge is 0.323 e. The van der Waals surface area contributed by atoms with Crippen LogP contribution in [0.5, 0.6) is 0 Å². The number of nitrogens with one attached hydrogen (secondary N) is 1. The number of hydrogen-bond acceptors (Lipinski definition) is 3. The molecule has 14 heavy (non-hydrogen) atoms. The molecule has 1 unspecified atom stereocenters. The topological polar surface area (TPSA) is 82.0 Å². The minimum atomic E-state index is -1.01. The maximum Gasteiger partial charge on any atom is 0.323 e. The highest BCUT2D eigenvalue weighted by atomic mass is 16.4. The van der Waals surface area contributed by atoms with Crippen molar-refractivity contribution in [2.24, 2.45) is 4.99 Å². The van der Waals surface area contributed by atoms with Gasteiger partial charge in [-0.15, -0.1) is 0 Å².